The average Bonchev–Trinajstić information content (AvgIpc) is 2.92. The van der Waals surface area contributed by atoms with Crippen LogP contribution in [0.25, 0.3) is 0 Å². The van der Waals surface area contributed by atoms with Crippen LogP contribution in [0.4, 0.5) is 0 Å². The van der Waals surface area contributed by atoms with Gasteiger partial charge >= 0.3 is 0 Å². The Morgan fingerprint density at radius 1 is 1.43 bits per heavy atom. The van der Waals surface area contributed by atoms with Crippen molar-refractivity contribution in [2.24, 2.45) is 5.92 Å². The zero-order chi connectivity index (χ0) is 14.8. The van der Waals surface area contributed by atoms with Gasteiger partial charge in [0.2, 0.25) is 6.33 Å². The van der Waals surface area contributed by atoms with Crippen LogP contribution < -0.4 is 9.30 Å². The molecule has 4 nitrogen and oxygen atoms in total. The van der Waals surface area contributed by atoms with E-state index in [2.05, 4.69) is 24.9 Å². The molecular weight excluding hydrogens is 264 g/mol. The molecule has 1 aliphatic heterocycles. The number of H-pyrrole nitrogens is 1. The first-order valence-corrected chi connectivity index (χ1v) is 7.48. The molecule has 0 saturated carbocycles. The van der Waals surface area contributed by atoms with Gasteiger partial charge < -0.3 is 4.74 Å². The van der Waals surface area contributed by atoms with Crippen LogP contribution in [0.1, 0.15) is 42.1 Å². The van der Waals surface area contributed by atoms with Crippen molar-refractivity contribution in [1.82, 2.24) is 4.98 Å². The molecule has 1 aromatic carbocycles. The average molecular weight is 285 g/mol. The Morgan fingerprint density at radius 2 is 2.29 bits per heavy atom. The third kappa shape index (κ3) is 2.71. The summed E-state index contributed by atoms with van der Waals surface area (Å²) in [5.41, 5.74) is 1.86. The minimum atomic E-state index is -0.0329. The van der Waals surface area contributed by atoms with Gasteiger partial charge in [-0.1, -0.05) is 26.0 Å². The van der Waals surface area contributed by atoms with Gasteiger partial charge in [0.15, 0.2) is 5.78 Å². The highest BCUT2D eigenvalue weighted by Crippen LogP contribution is 2.34. The van der Waals surface area contributed by atoms with Crippen molar-refractivity contribution in [3.05, 3.63) is 48.0 Å². The van der Waals surface area contributed by atoms with Gasteiger partial charge in [-0.25, -0.2) is 4.57 Å². The normalized spacial score (nSPS) is 18.2. The summed E-state index contributed by atoms with van der Waals surface area (Å²) in [5.74, 6) is 1.30. The zero-order valence-corrected chi connectivity index (χ0v) is 12.5. The van der Waals surface area contributed by atoms with Crippen molar-refractivity contribution in [1.29, 1.82) is 0 Å². The number of hydrogen-bond acceptors (Lipinski definition) is 2. The van der Waals surface area contributed by atoms with Gasteiger partial charge in [0.25, 0.3) is 0 Å². The van der Waals surface area contributed by atoms with Crippen LogP contribution in [0, 0.1) is 5.92 Å². The van der Waals surface area contributed by atoms with Gasteiger partial charge in [-0.2, -0.15) is 0 Å². The molecule has 1 unspecified atom stereocenters. The number of hydrogen-bond donors (Lipinski definition) is 1. The molecule has 1 aliphatic rings. The van der Waals surface area contributed by atoms with Crippen molar-refractivity contribution in [3.8, 4) is 5.75 Å². The van der Waals surface area contributed by atoms with Crippen LogP contribution in [0.2, 0.25) is 0 Å². The first-order valence-electron chi connectivity index (χ1n) is 7.48. The molecule has 2 aromatic rings. The highest BCUT2D eigenvalue weighted by atomic mass is 16.5. The number of benzene rings is 1. The highest BCUT2D eigenvalue weighted by Gasteiger charge is 2.29. The van der Waals surface area contributed by atoms with Gasteiger partial charge in [0, 0.05) is 0 Å². The molecule has 0 radical (unpaired) electrons. The molecule has 0 amide bonds. The van der Waals surface area contributed by atoms with Crippen molar-refractivity contribution < 1.29 is 14.1 Å². The molecule has 21 heavy (non-hydrogen) atoms. The van der Waals surface area contributed by atoms with Crippen LogP contribution in [0.15, 0.2) is 36.9 Å². The van der Waals surface area contributed by atoms with E-state index in [0.717, 1.165) is 23.3 Å². The molecule has 0 aliphatic carbocycles. The van der Waals surface area contributed by atoms with Gasteiger partial charge in [0.05, 0.1) is 18.1 Å². The minimum Gasteiger partial charge on any atom is -0.493 e. The van der Waals surface area contributed by atoms with E-state index in [9.17, 15) is 4.79 Å². The van der Waals surface area contributed by atoms with Gasteiger partial charge in [0.1, 0.15) is 24.7 Å². The minimum absolute atomic E-state index is 0.0329. The van der Waals surface area contributed by atoms with Gasteiger partial charge in [-0.15, -0.1) is 0 Å². The number of nitrogens with one attached hydrogen (secondary N) is 1. The Kier molecular flexibility index (Phi) is 3.78. The van der Waals surface area contributed by atoms with Gasteiger partial charge in [-0.3, -0.25) is 9.78 Å². The van der Waals surface area contributed by atoms with E-state index in [1.165, 1.54) is 0 Å². The van der Waals surface area contributed by atoms with E-state index in [0.29, 0.717) is 19.1 Å². The van der Waals surface area contributed by atoms with Crippen LogP contribution in [-0.4, -0.2) is 17.4 Å². The maximum atomic E-state index is 12.8. The Morgan fingerprint density at radius 3 is 3.00 bits per heavy atom. The zero-order valence-electron chi connectivity index (χ0n) is 12.5. The predicted molar refractivity (Wildman–Crippen MR) is 79.5 cm³/mol. The van der Waals surface area contributed by atoms with Crippen molar-refractivity contribution in [3.63, 3.8) is 0 Å². The van der Waals surface area contributed by atoms with Crippen LogP contribution in [0.5, 0.6) is 5.75 Å². The third-order valence-corrected chi connectivity index (χ3v) is 4.05. The van der Waals surface area contributed by atoms with E-state index in [-0.39, 0.29) is 11.7 Å². The summed E-state index contributed by atoms with van der Waals surface area (Å²) in [7, 11) is 0. The summed E-state index contributed by atoms with van der Waals surface area (Å²) in [6, 6.07) is 5.91. The fraction of sp³-hybridized carbons (Fsp3) is 0.412. The molecule has 1 aromatic heterocycles. The number of carbonyl (C=O) groups excluding carboxylic acids is 1. The molecule has 110 valence electrons. The molecular formula is C17H21N2O2+. The summed E-state index contributed by atoms with van der Waals surface area (Å²) < 4.78 is 7.94. The SMILES string of the molecule is CC(C)c1cccc2c1OCCC(C[n+]1cc[nH]c1)C2=O. The lowest BCUT2D eigenvalue weighted by Gasteiger charge is -2.14. The number of imidazole rings is 1. The smallest absolute Gasteiger partial charge is 0.241 e. The molecule has 3 rings (SSSR count). The molecule has 0 bridgehead atoms. The summed E-state index contributed by atoms with van der Waals surface area (Å²) in [6.45, 7) is 5.54. The number of fused-ring (bicyclic) bond motifs is 1. The van der Waals surface area contributed by atoms with Crippen molar-refractivity contribution in [2.45, 2.75) is 32.7 Å². The third-order valence-electron chi connectivity index (χ3n) is 4.05. The topological polar surface area (TPSA) is 46.0 Å². The quantitative estimate of drug-likeness (QED) is 0.881. The second-order valence-corrected chi connectivity index (χ2v) is 5.89. The van der Waals surface area contributed by atoms with Crippen LogP contribution >= 0.6 is 0 Å². The Bertz CT molecular complexity index is 632. The number of Topliss-reactive ketones (excluding diaryl/α,β-unsaturated/α-hetero) is 1. The molecule has 0 saturated heterocycles. The Labute approximate surface area is 124 Å². The van der Waals surface area contributed by atoms with E-state index in [1.807, 2.05) is 35.4 Å². The van der Waals surface area contributed by atoms with E-state index in [1.54, 1.807) is 0 Å². The van der Waals surface area contributed by atoms with Gasteiger partial charge in [-0.05, 0) is 24.0 Å². The number of aromatic nitrogens is 2. The standard InChI is InChI=1S/C17H20N2O2/c1-12(2)14-4-3-5-15-16(20)13(6-9-21-17(14)15)10-19-8-7-18-11-19/h3-5,7-8,11-13H,6,9-10H2,1-2H3/p+1. The summed E-state index contributed by atoms with van der Waals surface area (Å²) in [6.07, 6.45) is 6.45. The largest absolute Gasteiger partial charge is 0.493 e. The molecule has 1 atom stereocenters. The summed E-state index contributed by atoms with van der Waals surface area (Å²) in [5, 5.41) is 0. The number of carbonyl (C=O) groups is 1. The number of ketones is 1. The first-order chi connectivity index (χ1) is 10.2. The molecule has 4 heteroatoms. The summed E-state index contributed by atoms with van der Waals surface area (Å²) in [4.78, 5) is 15.8. The summed E-state index contributed by atoms with van der Waals surface area (Å²) >= 11 is 0. The molecule has 2 heterocycles. The van der Waals surface area contributed by atoms with Crippen LogP contribution in [-0.2, 0) is 6.54 Å². The van der Waals surface area contributed by atoms with E-state index in [4.69, 9.17) is 4.74 Å². The number of para-hydroxylation sites is 1. The Balaban J connectivity index is 1.93. The number of nitrogens with zero attached hydrogens (tertiary/aromatic N) is 1. The number of aromatic amines is 1. The first kappa shape index (κ1) is 13.9. The van der Waals surface area contributed by atoms with E-state index >= 15 is 0 Å². The Hall–Kier alpha value is -2.10. The lowest BCUT2D eigenvalue weighted by atomic mass is 9.92. The maximum absolute atomic E-state index is 12.8. The fourth-order valence-electron chi connectivity index (χ4n) is 2.88. The predicted octanol–water partition coefficient (Wildman–Crippen LogP) is 2.71. The molecule has 0 fully saturated rings. The van der Waals surface area contributed by atoms with Crippen LogP contribution in [0.3, 0.4) is 0 Å². The second kappa shape index (κ2) is 5.72. The van der Waals surface area contributed by atoms with E-state index < -0.39 is 0 Å². The molecule has 1 N–H and O–H groups in total. The van der Waals surface area contributed by atoms with Crippen molar-refractivity contribution >= 4 is 5.78 Å². The fourth-order valence-corrected chi connectivity index (χ4v) is 2.88. The number of rotatable bonds is 3. The second-order valence-electron chi connectivity index (χ2n) is 5.89. The van der Waals surface area contributed by atoms with Crippen molar-refractivity contribution in [2.75, 3.05) is 6.61 Å². The maximum Gasteiger partial charge on any atom is 0.241 e. The lowest BCUT2D eigenvalue weighted by Crippen LogP contribution is -2.38. The molecule has 0 spiro atoms. The lowest BCUT2D eigenvalue weighted by molar-refractivity contribution is -0.699. The highest BCUT2D eigenvalue weighted by molar-refractivity contribution is 6.00. The monoisotopic (exact) mass is 285 g/mol. The number of ether oxygens (including phenoxy) is 1.